The molecule has 0 aliphatic rings. The molecule has 0 saturated heterocycles. The summed E-state index contributed by atoms with van der Waals surface area (Å²) >= 11 is 0. The lowest BCUT2D eigenvalue weighted by atomic mass is 10.0. The van der Waals surface area contributed by atoms with Crippen LogP contribution < -0.4 is 0 Å². The van der Waals surface area contributed by atoms with Crippen LogP contribution in [0, 0.1) is 6.92 Å². The van der Waals surface area contributed by atoms with Crippen molar-refractivity contribution >= 4 is 0 Å². The summed E-state index contributed by atoms with van der Waals surface area (Å²) in [4.78, 5) is 9.32. The average molecular weight is 306 g/mol. The van der Waals surface area contributed by atoms with Crippen LogP contribution in [0.3, 0.4) is 0 Å². The van der Waals surface area contributed by atoms with Gasteiger partial charge in [0.1, 0.15) is 11.5 Å². The fourth-order valence-corrected chi connectivity index (χ4v) is 2.63. The van der Waals surface area contributed by atoms with Gasteiger partial charge in [-0.15, -0.1) is 0 Å². The van der Waals surface area contributed by atoms with Crippen LogP contribution in [0.25, 0.3) is 22.5 Å². The van der Waals surface area contributed by atoms with E-state index in [2.05, 4.69) is 11.9 Å². The second-order valence-corrected chi connectivity index (χ2v) is 5.40. The third kappa shape index (κ3) is 3.01. The second kappa shape index (κ2) is 6.08. The summed E-state index contributed by atoms with van der Waals surface area (Å²) in [6, 6.07) is 14.0. The minimum absolute atomic E-state index is 0.224. The zero-order chi connectivity index (χ0) is 16.4. The Hall–Kier alpha value is -2.88. The van der Waals surface area contributed by atoms with E-state index in [1.807, 2.05) is 31.2 Å². The van der Waals surface area contributed by atoms with E-state index in [0.717, 1.165) is 34.5 Å². The normalized spacial score (nSPS) is 10.7. The Morgan fingerprint density at radius 3 is 1.83 bits per heavy atom. The molecule has 3 rings (SSSR count). The standard InChI is InChI=1S/C19H18N2O2/c1-3-17-18(13-4-8-15(22)9-5-13)12(2)20-19(21-17)14-6-10-16(23)11-7-14/h4-11,22-23H,3H2,1-2H3. The van der Waals surface area contributed by atoms with Crippen LogP contribution in [-0.4, -0.2) is 20.2 Å². The molecule has 0 bridgehead atoms. The van der Waals surface area contributed by atoms with Gasteiger partial charge >= 0.3 is 0 Å². The summed E-state index contributed by atoms with van der Waals surface area (Å²) in [5.41, 5.74) is 4.74. The molecule has 0 atom stereocenters. The van der Waals surface area contributed by atoms with E-state index in [4.69, 9.17) is 4.98 Å². The van der Waals surface area contributed by atoms with Crippen molar-refractivity contribution in [3.8, 4) is 34.0 Å². The first-order valence-electron chi connectivity index (χ1n) is 7.55. The Morgan fingerprint density at radius 1 is 0.783 bits per heavy atom. The van der Waals surface area contributed by atoms with Crippen molar-refractivity contribution < 1.29 is 10.2 Å². The first kappa shape index (κ1) is 15.0. The van der Waals surface area contributed by atoms with Gasteiger partial charge in [-0.2, -0.15) is 0 Å². The van der Waals surface area contributed by atoms with Gasteiger partial charge in [-0.05, 0) is 55.3 Å². The Labute approximate surface area is 135 Å². The summed E-state index contributed by atoms with van der Waals surface area (Å²) in [6.45, 7) is 4.03. The van der Waals surface area contributed by atoms with Crippen LogP contribution in [0.4, 0.5) is 0 Å². The van der Waals surface area contributed by atoms with Crippen molar-refractivity contribution in [3.63, 3.8) is 0 Å². The zero-order valence-corrected chi connectivity index (χ0v) is 13.1. The molecule has 23 heavy (non-hydrogen) atoms. The Morgan fingerprint density at radius 2 is 1.30 bits per heavy atom. The maximum absolute atomic E-state index is 9.46. The summed E-state index contributed by atoms with van der Waals surface area (Å²) in [5, 5.41) is 18.9. The lowest BCUT2D eigenvalue weighted by Gasteiger charge is -2.13. The number of aromatic nitrogens is 2. The molecule has 116 valence electrons. The number of rotatable bonds is 3. The van der Waals surface area contributed by atoms with Gasteiger partial charge in [0, 0.05) is 16.8 Å². The molecular formula is C19H18N2O2. The van der Waals surface area contributed by atoms with Gasteiger partial charge in [0.15, 0.2) is 5.82 Å². The molecule has 1 heterocycles. The van der Waals surface area contributed by atoms with Crippen LogP contribution >= 0.6 is 0 Å². The van der Waals surface area contributed by atoms with Gasteiger partial charge in [0.2, 0.25) is 0 Å². The monoisotopic (exact) mass is 306 g/mol. The van der Waals surface area contributed by atoms with E-state index in [-0.39, 0.29) is 11.5 Å². The van der Waals surface area contributed by atoms with Crippen molar-refractivity contribution in [3.05, 3.63) is 59.9 Å². The van der Waals surface area contributed by atoms with Gasteiger partial charge in [0.25, 0.3) is 0 Å². The number of phenols is 2. The highest BCUT2D eigenvalue weighted by atomic mass is 16.3. The minimum atomic E-state index is 0.224. The van der Waals surface area contributed by atoms with Gasteiger partial charge in [-0.1, -0.05) is 19.1 Å². The van der Waals surface area contributed by atoms with Gasteiger partial charge < -0.3 is 10.2 Å². The molecule has 0 fully saturated rings. The van der Waals surface area contributed by atoms with Crippen molar-refractivity contribution in [1.82, 2.24) is 9.97 Å². The number of hydrogen-bond donors (Lipinski definition) is 2. The molecule has 0 saturated carbocycles. The fraction of sp³-hybridized carbons (Fsp3) is 0.158. The van der Waals surface area contributed by atoms with Crippen molar-refractivity contribution in [2.45, 2.75) is 20.3 Å². The van der Waals surface area contributed by atoms with Crippen LogP contribution in [0.15, 0.2) is 48.5 Å². The lowest BCUT2D eigenvalue weighted by molar-refractivity contribution is 0.475. The third-order valence-corrected chi connectivity index (χ3v) is 3.78. The maximum Gasteiger partial charge on any atom is 0.159 e. The molecule has 4 heteroatoms. The summed E-state index contributed by atoms with van der Waals surface area (Å²) in [7, 11) is 0. The number of nitrogens with zero attached hydrogens (tertiary/aromatic N) is 2. The van der Waals surface area contributed by atoms with E-state index < -0.39 is 0 Å². The molecule has 0 radical (unpaired) electrons. The third-order valence-electron chi connectivity index (χ3n) is 3.78. The van der Waals surface area contributed by atoms with E-state index >= 15 is 0 Å². The van der Waals surface area contributed by atoms with E-state index in [0.29, 0.717) is 5.82 Å². The topological polar surface area (TPSA) is 66.2 Å². The highest BCUT2D eigenvalue weighted by molar-refractivity contribution is 5.71. The van der Waals surface area contributed by atoms with E-state index in [9.17, 15) is 10.2 Å². The molecule has 0 aliphatic heterocycles. The number of aromatic hydroxyl groups is 2. The van der Waals surface area contributed by atoms with Gasteiger partial charge in [0.05, 0.1) is 5.69 Å². The predicted molar refractivity (Wildman–Crippen MR) is 90.3 cm³/mol. The highest BCUT2D eigenvalue weighted by Gasteiger charge is 2.13. The predicted octanol–water partition coefficient (Wildman–Crippen LogP) is 4.09. The second-order valence-electron chi connectivity index (χ2n) is 5.40. The maximum atomic E-state index is 9.46. The van der Waals surface area contributed by atoms with Gasteiger partial charge in [-0.25, -0.2) is 9.97 Å². The zero-order valence-electron chi connectivity index (χ0n) is 13.1. The van der Waals surface area contributed by atoms with Crippen molar-refractivity contribution in [2.75, 3.05) is 0 Å². The summed E-state index contributed by atoms with van der Waals surface area (Å²) in [6.07, 6.45) is 0.782. The largest absolute Gasteiger partial charge is 0.508 e. The van der Waals surface area contributed by atoms with Crippen LogP contribution in [0.1, 0.15) is 18.3 Å². The van der Waals surface area contributed by atoms with Crippen molar-refractivity contribution in [1.29, 1.82) is 0 Å². The van der Waals surface area contributed by atoms with E-state index in [1.54, 1.807) is 24.3 Å². The molecule has 4 nitrogen and oxygen atoms in total. The number of benzene rings is 2. The Kier molecular flexibility index (Phi) is 3.98. The Bertz CT molecular complexity index is 825. The quantitative estimate of drug-likeness (QED) is 0.765. The van der Waals surface area contributed by atoms with Crippen LogP contribution in [0.2, 0.25) is 0 Å². The smallest absolute Gasteiger partial charge is 0.159 e. The summed E-state index contributed by atoms with van der Waals surface area (Å²) < 4.78 is 0. The fourth-order valence-electron chi connectivity index (χ4n) is 2.63. The summed E-state index contributed by atoms with van der Waals surface area (Å²) in [5.74, 6) is 1.12. The van der Waals surface area contributed by atoms with Crippen molar-refractivity contribution in [2.24, 2.45) is 0 Å². The minimum Gasteiger partial charge on any atom is -0.508 e. The molecule has 0 aliphatic carbocycles. The van der Waals surface area contributed by atoms with Crippen LogP contribution in [-0.2, 0) is 6.42 Å². The molecule has 0 unspecified atom stereocenters. The lowest BCUT2D eigenvalue weighted by Crippen LogP contribution is -2.02. The van der Waals surface area contributed by atoms with Crippen LogP contribution in [0.5, 0.6) is 11.5 Å². The number of aryl methyl sites for hydroxylation is 2. The molecule has 2 aromatic carbocycles. The number of phenolic OH excluding ortho intramolecular Hbond substituents is 2. The molecule has 2 N–H and O–H groups in total. The van der Waals surface area contributed by atoms with Gasteiger partial charge in [-0.3, -0.25) is 0 Å². The van der Waals surface area contributed by atoms with E-state index in [1.165, 1.54) is 0 Å². The first-order valence-corrected chi connectivity index (χ1v) is 7.55. The average Bonchev–Trinajstić information content (AvgIpc) is 2.56. The molecule has 3 aromatic rings. The SMILES string of the molecule is CCc1nc(-c2ccc(O)cc2)nc(C)c1-c1ccc(O)cc1. The molecule has 1 aromatic heterocycles. The Balaban J connectivity index is 2.12. The molecule has 0 amide bonds. The highest BCUT2D eigenvalue weighted by Crippen LogP contribution is 2.29. The number of hydrogen-bond acceptors (Lipinski definition) is 4. The molecule has 0 spiro atoms. The first-order chi connectivity index (χ1) is 11.1. The molecular weight excluding hydrogens is 288 g/mol.